The molecule has 2 rings (SSSR count). The Morgan fingerprint density at radius 3 is 2.50 bits per heavy atom. The van der Waals surface area contributed by atoms with E-state index in [2.05, 4.69) is 15.9 Å². The van der Waals surface area contributed by atoms with Crippen molar-refractivity contribution in [1.29, 1.82) is 0 Å². The van der Waals surface area contributed by atoms with Crippen molar-refractivity contribution in [3.05, 3.63) is 69.2 Å². The van der Waals surface area contributed by atoms with Gasteiger partial charge in [0.05, 0.1) is 5.02 Å². The van der Waals surface area contributed by atoms with Gasteiger partial charge >= 0.3 is 12.1 Å². The van der Waals surface area contributed by atoms with Gasteiger partial charge in [0.2, 0.25) is 0 Å². The summed E-state index contributed by atoms with van der Waals surface area (Å²) in [5.74, 6) is -1.17. The number of hydrogen-bond donors (Lipinski definition) is 1. The highest BCUT2D eigenvalue weighted by molar-refractivity contribution is 9.10. The number of benzene rings is 2. The van der Waals surface area contributed by atoms with Crippen LogP contribution in [0.5, 0.6) is 0 Å². The van der Waals surface area contributed by atoms with Crippen molar-refractivity contribution in [3.63, 3.8) is 0 Å². The van der Waals surface area contributed by atoms with Crippen molar-refractivity contribution >= 4 is 39.6 Å². The fourth-order valence-corrected chi connectivity index (χ4v) is 2.58. The topological polar surface area (TPSA) is 66.8 Å². The Balaban J connectivity index is 2.13. The lowest BCUT2D eigenvalue weighted by molar-refractivity contribution is -0.142. The van der Waals surface area contributed by atoms with Crippen LogP contribution in [0.4, 0.5) is 4.79 Å². The van der Waals surface area contributed by atoms with Gasteiger partial charge in [-0.05, 0) is 39.2 Å². The summed E-state index contributed by atoms with van der Waals surface area (Å²) >= 11 is 9.26. The minimum atomic E-state index is -1.20. The minimum absolute atomic E-state index is 0.0669. The molecule has 0 radical (unpaired) electrons. The maximum atomic E-state index is 12.2. The van der Waals surface area contributed by atoms with Crippen LogP contribution in [0.2, 0.25) is 5.02 Å². The number of aliphatic carboxylic acids is 1. The Labute approximate surface area is 152 Å². The van der Waals surface area contributed by atoms with Gasteiger partial charge in [-0.1, -0.05) is 48.0 Å². The number of carboxylic acid groups (broad SMARTS) is 1. The molecule has 0 aromatic heterocycles. The Bertz CT molecular complexity index is 739. The number of halogens is 2. The summed E-state index contributed by atoms with van der Waals surface area (Å²) in [5.41, 5.74) is 1.20. The summed E-state index contributed by atoms with van der Waals surface area (Å²) in [6.07, 6.45) is -0.731. The summed E-state index contributed by atoms with van der Waals surface area (Å²) in [6, 6.07) is 12.7. The molecule has 7 heteroatoms. The maximum absolute atomic E-state index is 12.2. The largest absolute Gasteiger partial charge is 0.479 e. The molecule has 0 saturated heterocycles. The number of nitrogens with zero attached hydrogens (tertiary/aromatic N) is 1. The Hall–Kier alpha value is -2.05. The molecule has 0 fully saturated rings. The number of hydrogen-bond acceptors (Lipinski definition) is 3. The SMILES string of the molecule is CN(C(=O)OCc1ccccc1)C(C(=O)O)c1ccc(Br)c(Cl)c1. The summed E-state index contributed by atoms with van der Waals surface area (Å²) in [5, 5.41) is 9.85. The number of carboxylic acids is 1. The molecule has 0 aliphatic carbocycles. The quantitative estimate of drug-likeness (QED) is 0.785. The molecular formula is C17H15BrClNO4. The zero-order valence-electron chi connectivity index (χ0n) is 12.8. The molecule has 2 aromatic carbocycles. The second kappa shape index (κ2) is 8.17. The summed E-state index contributed by atoms with van der Waals surface area (Å²) in [6.45, 7) is 0.0669. The molecule has 0 saturated carbocycles. The first-order chi connectivity index (χ1) is 11.4. The molecule has 24 heavy (non-hydrogen) atoms. The van der Waals surface area contributed by atoms with Crippen LogP contribution >= 0.6 is 27.5 Å². The van der Waals surface area contributed by atoms with Gasteiger partial charge in [-0.25, -0.2) is 9.59 Å². The predicted octanol–water partition coefficient (Wildman–Crippen LogP) is 4.50. The van der Waals surface area contributed by atoms with Gasteiger partial charge in [-0.15, -0.1) is 0 Å². The lowest BCUT2D eigenvalue weighted by atomic mass is 10.1. The highest BCUT2D eigenvalue weighted by Crippen LogP contribution is 2.28. The number of ether oxygens (including phenoxy) is 1. The number of rotatable bonds is 5. The third-order valence-electron chi connectivity index (χ3n) is 3.37. The van der Waals surface area contributed by atoms with Gasteiger partial charge in [0.1, 0.15) is 6.61 Å². The molecule has 0 aliphatic rings. The highest BCUT2D eigenvalue weighted by Gasteiger charge is 2.29. The van der Waals surface area contributed by atoms with Crippen LogP contribution in [0.15, 0.2) is 53.0 Å². The first-order valence-corrected chi connectivity index (χ1v) is 8.18. The van der Waals surface area contributed by atoms with Crippen LogP contribution in [-0.2, 0) is 16.1 Å². The number of likely N-dealkylation sites (N-methyl/N-ethyl adjacent to an activating group) is 1. The lowest BCUT2D eigenvalue weighted by Gasteiger charge is -2.24. The predicted molar refractivity (Wildman–Crippen MR) is 93.9 cm³/mol. The molecule has 1 atom stereocenters. The molecule has 126 valence electrons. The highest BCUT2D eigenvalue weighted by atomic mass is 79.9. The van der Waals surface area contributed by atoms with Crippen LogP contribution in [0.25, 0.3) is 0 Å². The molecule has 1 unspecified atom stereocenters. The molecule has 1 N–H and O–H groups in total. The van der Waals surface area contributed by atoms with E-state index in [1.807, 2.05) is 30.3 Å². The van der Waals surface area contributed by atoms with Crippen molar-refractivity contribution in [3.8, 4) is 0 Å². The number of amides is 1. The molecule has 5 nitrogen and oxygen atoms in total. The average Bonchev–Trinajstić information content (AvgIpc) is 2.56. The first kappa shape index (κ1) is 18.3. The van der Waals surface area contributed by atoms with Crippen LogP contribution in [0, 0.1) is 0 Å². The molecule has 0 heterocycles. The minimum Gasteiger partial charge on any atom is -0.479 e. The van der Waals surface area contributed by atoms with Crippen molar-refractivity contribution in [2.45, 2.75) is 12.6 Å². The van der Waals surface area contributed by atoms with Crippen molar-refractivity contribution < 1.29 is 19.4 Å². The molecule has 0 spiro atoms. The van der Waals surface area contributed by atoms with Gasteiger partial charge in [-0.2, -0.15) is 0 Å². The van der Waals surface area contributed by atoms with Gasteiger partial charge in [0.25, 0.3) is 0 Å². The standard InChI is InChI=1S/C17H15BrClNO4/c1-20(17(23)24-10-11-5-3-2-4-6-11)15(16(21)22)12-7-8-13(18)14(19)9-12/h2-9,15H,10H2,1H3,(H,21,22). The first-order valence-electron chi connectivity index (χ1n) is 7.01. The fourth-order valence-electron chi connectivity index (χ4n) is 2.14. The smallest absolute Gasteiger partial charge is 0.410 e. The monoisotopic (exact) mass is 411 g/mol. The zero-order chi connectivity index (χ0) is 17.7. The summed E-state index contributed by atoms with van der Waals surface area (Å²) < 4.78 is 5.82. The molecular weight excluding hydrogens is 398 g/mol. The molecule has 1 amide bonds. The van der Waals surface area contributed by atoms with E-state index >= 15 is 0 Å². The normalized spacial score (nSPS) is 11.6. The van der Waals surface area contributed by atoms with Crippen molar-refractivity contribution in [2.24, 2.45) is 0 Å². The van der Waals surface area contributed by atoms with E-state index in [0.29, 0.717) is 15.1 Å². The van der Waals surface area contributed by atoms with Crippen LogP contribution < -0.4 is 0 Å². The Morgan fingerprint density at radius 2 is 1.92 bits per heavy atom. The second-order valence-corrected chi connectivity index (χ2v) is 6.33. The van der Waals surface area contributed by atoms with Crippen molar-refractivity contribution in [2.75, 3.05) is 7.05 Å². The summed E-state index contributed by atoms with van der Waals surface area (Å²) in [4.78, 5) is 24.8. The lowest BCUT2D eigenvalue weighted by Crippen LogP contribution is -2.36. The van der Waals surface area contributed by atoms with Gasteiger partial charge in [0, 0.05) is 11.5 Å². The van der Waals surface area contributed by atoms with E-state index < -0.39 is 18.1 Å². The van der Waals surface area contributed by atoms with Crippen LogP contribution in [0.1, 0.15) is 17.2 Å². The zero-order valence-corrected chi connectivity index (χ0v) is 15.1. The van der Waals surface area contributed by atoms with Crippen LogP contribution in [0.3, 0.4) is 0 Å². The van der Waals surface area contributed by atoms with E-state index in [-0.39, 0.29) is 6.61 Å². The molecule has 2 aromatic rings. The van der Waals surface area contributed by atoms with E-state index in [4.69, 9.17) is 16.3 Å². The second-order valence-electron chi connectivity index (χ2n) is 5.07. The van der Waals surface area contributed by atoms with E-state index in [0.717, 1.165) is 10.5 Å². The van der Waals surface area contributed by atoms with Gasteiger partial charge < -0.3 is 9.84 Å². The molecule has 0 aliphatic heterocycles. The summed E-state index contributed by atoms with van der Waals surface area (Å²) in [7, 11) is 1.38. The van der Waals surface area contributed by atoms with E-state index in [1.165, 1.54) is 13.1 Å². The average molecular weight is 413 g/mol. The third kappa shape index (κ3) is 4.49. The van der Waals surface area contributed by atoms with Gasteiger partial charge in [0.15, 0.2) is 6.04 Å². The number of carbonyl (C=O) groups excluding carboxylic acids is 1. The molecule has 0 bridgehead atoms. The Kier molecular flexibility index (Phi) is 6.23. The van der Waals surface area contributed by atoms with Crippen molar-refractivity contribution in [1.82, 2.24) is 4.90 Å². The van der Waals surface area contributed by atoms with E-state index in [9.17, 15) is 14.7 Å². The van der Waals surface area contributed by atoms with Gasteiger partial charge in [-0.3, -0.25) is 4.90 Å². The fraction of sp³-hybridized carbons (Fsp3) is 0.176. The third-order valence-corrected chi connectivity index (χ3v) is 4.61. The van der Waals surface area contributed by atoms with E-state index in [1.54, 1.807) is 12.1 Å². The number of carbonyl (C=O) groups is 2. The van der Waals surface area contributed by atoms with Crippen LogP contribution in [-0.4, -0.2) is 29.1 Å². The Morgan fingerprint density at radius 1 is 1.25 bits per heavy atom. The maximum Gasteiger partial charge on any atom is 0.410 e.